The third-order valence-corrected chi connectivity index (χ3v) is 3.66. The van der Waals surface area contributed by atoms with E-state index in [1.165, 1.54) is 37.1 Å². The largest absolute Gasteiger partial charge is 0.366 e. The predicted molar refractivity (Wildman–Crippen MR) is 79.5 cm³/mol. The van der Waals surface area contributed by atoms with E-state index in [2.05, 4.69) is 39.8 Å². The molecule has 18 heavy (non-hydrogen) atoms. The lowest BCUT2D eigenvalue weighted by Gasteiger charge is -2.14. The van der Waals surface area contributed by atoms with Gasteiger partial charge in [-0.1, -0.05) is 24.3 Å². The van der Waals surface area contributed by atoms with Crippen molar-refractivity contribution < 1.29 is 0 Å². The zero-order chi connectivity index (χ0) is 12.8. The third-order valence-electron chi connectivity index (χ3n) is 3.31. The third kappa shape index (κ3) is 3.96. The van der Waals surface area contributed by atoms with Gasteiger partial charge >= 0.3 is 0 Å². The Kier molecular flexibility index (Phi) is 4.96. The molecule has 1 aromatic carbocycles. The molecular formula is C14H21N3S. The van der Waals surface area contributed by atoms with Gasteiger partial charge in [-0.3, -0.25) is 4.90 Å². The first-order valence-corrected chi connectivity index (χ1v) is 6.94. The van der Waals surface area contributed by atoms with Crippen molar-refractivity contribution in [2.24, 2.45) is 0 Å². The summed E-state index contributed by atoms with van der Waals surface area (Å²) in [7, 11) is 1.83. The fraction of sp³-hybridized carbons (Fsp3) is 0.500. The van der Waals surface area contributed by atoms with E-state index < -0.39 is 0 Å². The molecule has 0 unspecified atom stereocenters. The standard InChI is InChI=1S/C14H21N3S/c1-15-14(18)16-10-12-4-6-13(7-5-12)11-17-8-2-3-9-17/h4-7H,2-3,8-11H2,1H3,(H2,15,16,18). The van der Waals surface area contributed by atoms with Gasteiger partial charge < -0.3 is 10.6 Å². The van der Waals surface area contributed by atoms with Crippen LogP contribution in [0.5, 0.6) is 0 Å². The van der Waals surface area contributed by atoms with E-state index >= 15 is 0 Å². The molecule has 0 bridgehead atoms. The zero-order valence-corrected chi connectivity index (χ0v) is 11.7. The highest BCUT2D eigenvalue weighted by Gasteiger charge is 2.11. The van der Waals surface area contributed by atoms with Gasteiger partial charge in [0.2, 0.25) is 0 Å². The minimum absolute atomic E-state index is 0.691. The van der Waals surface area contributed by atoms with Crippen LogP contribution in [0.1, 0.15) is 24.0 Å². The van der Waals surface area contributed by atoms with Crippen molar-refractivity contribution in [1.29, 1.82) is 0 Å². The molecule has 4 heteroatoms. The van der Waals surface area contributed by atoms with Crippen LogP contribution >= 0.6 is 12.2 Å². The lowest BCUT2D eigenvalue weighted by molar-refractivity contribution is 0.331. The van der Waals surface area contributed by atoms with Crippen LogP contribution < -0.4 is 10.6 Å². The lowest BCUT2D eigenvalue weighted by atomic mass is 10.1. The first-order valence-electron chi connectivity index (χ1n) is 6.53. The van der Waals surface area contributed by atoms with E-state index in [-0.39, 0.29) is 0 Å². The van der Waals surface area contributed by atoms with E-state index in [0.29, 0.717) is 5.11 Å². The average molecular weight is 263 g/mol. The van der Waals surface area contributed by atoms with Crippen molar-refractivity contribution in [2.75, 3.05) is 20.1 Å². The Labute approximate surface area is 115 Å². The number of benzene rings is 1. The van der Waals surface area contributed by atoms with E-state index in [1.807, 2.05) is 7.05 Å². The summed E-state index contributed by atoms with van der Waals surface area (Å²) in [6.45, 7) is 4.37. The predicted octanol–water partition coefficient (Wildman–Crippen LogP) is 1.88. The van der Waals surface area contributed by atoms with Gasteiger partial charge in [0, 0.05) is 20.1 Å². The maximum Gasteiger partial charge on any atom is 0.166 e. The van der Waals surface area contributed by atoms with Gasteiger partial charge in [0.05, 0.1) is 0 Å². The Morgan fingerprint density at radius 2 is 1.78 bits per heavy atom. The molecule has 0 radical (unpaired) electrons. The molecule has 1 saturated heterocycles. The van der Waals surface area contributed by atoms with Gasteiger partial charge in [-0.15, -0.1) is 0 Å². The van der Waals surface area contributed by atoms with Crippen molar-refractivity contribution in [1.82, 2.24) is 15.5 Å². The SMILES string of the molecule is CNC(=S)NCc1ccc(CN2CCCC2)cc1. The summed E-state index contributed by atoms with van der Waals surface area (Å²) in [4.78, 5) is 2.52. The highest BCUT2D eigenvalue weighted by atomic mass is 32.1. The van der Waals surface area contributed by atoms with Crippen LogP contribution in [0.15, 0.2) is 24.3 Å². The van der Waals surface area contributed by atoms with Crippen LogP contribution in [0.25, 0.3) is 0 Å². The molecule has 0 atom stereocenters. The summed E-state index contributed by atoms with van der Waals surface area (Å²) in [5.41, 5.74) is 2.66. The van der Waals surface area contributed by atoms with Crippen molar-refractivity contribution in [3.63, 3.8) is 0 Å². The number of likely N-dealkylation sites (tertiary alicyclic amines) is 1. The number of rotatable bonds is 4. The van der Waals surface area contributed by atoms with Crippen LogP contribution in [-0.4, -0.2) is 30.1 Å². The monoisotopic (exact) mass is 263 g/mol. The van der Waals surface area contributed by atoms with Gasteiger partial charge in [-0.25, -0.2) is 0 Å². The average Bonchev–Trinajstić information content (AvgIpc) is 2.90. The number of hydrogen-bond acceptors (Lipinski definition) is 2. The van der Waals surface area contributed by atoms with Gasteiger partial charge in [-0.05, 0) is 49.3 Å². The van der Waals surface area contributed by atoms with Gasteiger partial charge in [0.25, 0.3) is 0 Å². The molecular weight excluding hydrogens is 242 g/mol. The molecule has 1 aliphatic rings. The van der Waals surface area contributed by atoms with Crippen LogP contribution in [0.2, 0.25) is 0 Å². The van der Waals surface area contributed by atoms with E-state index in [4.69, 9.17) is 12.2 Å². The second kappa shape index (κ2) is 6.71. The Bertz CT molecular complexity index is 383. The summed E-state index contributed by atoms with van der Waals surface area (Å²) in [6, 6.07) is 8.79. The summed E-state index contributed by atoms with van der Waals surface area (Å²) in [5.74, 6) is 0. The van der Waals surface area contributed by atoms with Crippen molar-refractivity contribution >= 4 is 17.3 Å². The smallest absolute Gasteiger partial charge is 0.166 e. The van der Waals surface area contributed by atoms with Gasteiger partial charge in [0.15, 0.2) is 5.11 Å². The number of nitrogens with zero attached hydrogens (tertiary/aromatic N) is 1. The van der Waals surface area contributed by atoms with E-state index in [9.17, 15) is 0 Å². The highest BCUT2D eigenvalue weighted by molar-refractivity contribution is 7.80. The van der Waals surface area contributed by atoms with Crippen molar-refractivity contribution in [2.45, 2.75) is 25.9 Å². The Balaban J connectivity index is 1.82. The molecule has 2 N–H and O–H groups in total. The molecule has 0 aromatic heterocycles. The molecule has 98 valence electrons. The molecule has 1 aliphatic heterocycles. The van der Waals surface area contributed by atoms with Crippen molar-refractivity contribution in [3.05, 3.63) is 35.4 Å². The minimum Gasteiger partial charge on any atom is -0.366 e. The summed E-state index contributed by atoms with van der Waals surface area (Å²) in [6.07, 6.45) is 2.70. The molecule has 1 aromatic rings. The maximum atomic E-state index is 5.05. The summed E-state index contributed by atoms with van der Waals surface area (Å²) >= 11 is 5.05. The first-order chi connectivity index (χ1) is 8.78. The number of hydrogen-bond donors (Lipinski definition) is 2. The molecule has 0 spiro atoms. The minimum atomic E-state index is 0.691. The lowest BCUT2D eigenvalue weighted by Crippen LogP contribution is -2.31. The van der Waals surface area contributed by atoms with Crippen molar-refractivity contribution in [3.8, 4) is 0 Å². The summed E-state index contributed by atoms with van der Waals surface area (Å²) in [5, 5.41) is 6.75. The fourth-order valence-electron chi connectivity index (χ4n) is 2.23. The maximum absolute atomic E-state index is 5.05. The van der Waals surface area contributed by atoms with Crippen LogP contribution in [0.4, 0.5) is 0 Å². The topological polar surface area (TPSA) is 27.3 Å². The second-order valence-corrected chi connectivity index (χ2v) is 5.14. The molecule has 0 saturated carbocycles. The van der Waals surface area contributed by atoms with Crippen LogP contribution in [0, 0.1) is 0 Å². The van der Waals surface area contributed by atoms with Crippen LogP contribution in [-0.2, 0) is 13.1 Å². The molecule has 1 heterocycles. The Morgan fingerprint density at radius 3 is 2.39 bits per heavy atom. The Hall–Kier alpha value is -1.13. The highest BCUT2D eigenvalue weighted by Crippen LogP contribution is 2.13. The summed E-state index contributed by atoms with van der Waals surface area (Å²) < 4.78 is 0. The van der Waals surface area contributed by atoms with Crippen LogP contribution in [0.3, 0.4) is 0 Å². The normalized spacial score (nSPS) is 15.6. The van der Waals surface area contributed by atoms with E-state index in [0.717, 1.165) is 13.1 Å². The first kappa shape index (κ1) is 13.3. The van der Waals surface area contributed by atoms with E-state index in [1.54, 1.807) is 0 Å². The number of thiocarbonyl (C=S) groups is 1. The molecule has 3 nitrogen and oxygen atoms in total. The van der Waals surface area contributed by atoms with Gasteiger partial charge in [0.1, 0.15) is 0 Å². The zero-order valence-electron chi connectivity index (χ0n) is 10.9. The molecule has 0 amide bonds. The van der Waals surface area contributed by atoms with Gasteiger partial charge in [-0.2, -0.15) is 0 Å². The number of nitrogens with one attached hydrogen (secondary N) is 2. The fourth-order valence-corrected chi connectivity index (χ4v) is 2.30. The second-order valence-electron chi connectivity index (χ2n) is 4.73. The quantitative estimate of drug-likeness (QED) is 0.811. The Morgan fingerprint density at radius 1 is 1.17 bits per heavy atom. The molecule has 2 rings (SSSR count). The molecule has 1 fully saturated rings. The molecule has 0 aliphatic carbocycles.